The first-order chi connectivity index (χ1) is 9.34. The van der Waals surface area contributed by atoms with E-state index in [9.17, 15) is 13.2 Å². The molecule has 2 atom stereocenters. The zero-order valence-corrected chi connectivity index (χ0v) is 13.2. The van der Waals surface area contributed by atoms with Crippen LogP contribution >= 0.6 is 27.3 Å². The zero-order valence-electron chi connectivity index (χ0n) is 10.8. The van der Waals surface area contributed by atoms with E-state index >= 15 is 0 Å². The molecule has 0 bridgehead atoms. The second-order valence-electron chi connectivity index (χ2n) is 5.34. The number of alkyl halides is 3. The number of morpholine rings is 1. The minimum atomic E-state index is -4.42. The number of ether oxygens (including phenoxy) is 1. The first-order valence-electron chi connectivity index (χ1n) is 6.48. The van der Waals surface area contributed by atoms with Gasteiger partial charge in [0.05, 0.1) is 12.2 Å². The van der Waals surface area contributed by atoms with Crippen LogP contribution in [0.25, 0.3) is 0 Å². The summed E-state index contributed by atoms with van der Waals surface area (Å²) in [5.41, 5.74) is -0.834. The Kier molecular flexibility index (Phi) is 3.75. The van der Waals surface area contributed by atoms with Crippen molar-refractivity contribution in [2.24, 2.45) is 5.92 Å². The summed E-state index contributed by atoms with van der Waals surface area (Å²) in [5, 5.41) is 0.421. The molecular weight excluding hydrogens is 357 g/mol. The van der Waals surface area contributed by atoms with E-state index in [0.717, 1.165) is 24.2 Å². The number of anilines is 1. The third kappa shape index (κ3) is 2.96. The molecule has 1 saturated heterocycles. The molecule has 8 heteroatoms. The van der Waals surface area contributed by atoms with Crippen LogP contribution in [0, 0.1) is 5.92 Å². The number of nitrogens with zero attached hydrogens (tertiary/aromatic N) is 2. The lowest BCUT2D eigenvalue weighted by molar-refractivity contribution is -0.141. The van der Waals surface area contributed by atoms with Crippen LogP contribution in [0.1, 0.15) is 25.5 Å². The molecule has 1 aromatic rings. The molecule has 1 aliphatic carbocycles. The highest BCUT2D eigenvalue weighted by atomic mass is 79.9. The van der Waals surface area contributed by atoms with Gasteiger partial charge >= 0.3 is 6.18 Å². The predicted octanol–water partition coefficient (Wildman–Crippen LogP) is 3.93. The minimum absolute atomic E-state index is 0.0198. The molecule has 2 unspecified atom stereocenters. The second-order valence-corrected chi connectivity index (χ2v) is 7.64. The van der Waals surface area contributed by atoms with Crippen LogP contribution in [-0.2, 0) is 10.9 Å². The van der Waals surface area contributed by atoms with Crippen molar-refractivity contribution in [2.45, 2.75) is 38.1 Å². The van der Waals surface area contributed by atoms with Gasteiger partial charge in [-0.15, -0.1) is 0 Å². The van der Waals surface area contributed by atoms with Gasteiger partial charge in [-0.3, -0.25) is 0 Å². The number of aromatic nitrogens is 1. The van der Waals surface area contributed by atoms with Crippen molar-refractivity contribution >= 4 is 32.4 Å². The lowest BCUT2D eigenvalue weighted by atomic mass is 10.1. The van der Waals surface area contributed by atoms with Crippen LogP contribution in [0.5, 0.6) is 0 Å². The fraction of sp³-hybridized carbons (Fsp3) is 0.750. The number of rotatable bonds is 2. The van der Waals surface area contributed by atoms with E-state index in [1.54, 1.807) is 0 Å². The molecular formula is C12H14BrF3N2OS. The van der Waals surface area contributed by atoms with Crippen molar-refractivity contribution in [2.75, 3.05) is 18.0 Å². The molecule has 1 aromatic heterocycles. The third-order valence-corrected chi connectivity index (χ3v) is 5.31. The van der Waals surface area contributed by atoms with Crippen LogP contribution in [0.3, 0.4) is 0 Å². The van der Waals surface area contributed by atoms with Crippen molar-refractivity contribution < 1.29 is 17.9 Å². The standard InChI is InChI=1S/C12H14BrF3N2OS/c1-6-4-18(5-8(19-6)7-2-3-7)11-17-9(10(13)20-11)12(14,15)16/h6-8H,2-5H2,1H3. The fourth-order valence-electron chi connectivity index (χ4n) is 2.47. The van der Waals surface area contributed by atoms with Crippen LogP contribution in [-0.4, -0.2) is 30.3 Å². The highest BCUT2D eigenvalue weighted by Crippen LogP contribution is 2.42. The molecule has 20 heavy (non-hydrogen) atoms. The van der Waals surface area contributed by atoms with Crippen molar-refractivity contribution in [3.05, 3.63) is 9.48 Å². The van der Waals surface area contributed by atoms with Gasteiger partial charge in [-0.05, 0) is 41.6 Å². The summed E-state index contributed by atoms with van der Waals surface area (Å²) in [5.74, 6) is 0.561. The summed E-state index contributed by atoms with van der Waals surface area (Å²) in [6, 6.07) is 0. The van der Waals surface area contributed by atoms with Gasteiger partial charge in [-0.1, -0.05) is 11.3 Å². The van der Waals surface area contributed by atoms with Crippen molar-refractivity contribution in [1.82, 2.24) is 4.98 Å². The molecule has 3 rings (SSSR count). The molecule has 112 valence electrons. The maximum atomic E-state index is 12.8. The van der Waals surface area contributed by atoms with Crippen LogP contribution < -0.4 is 4.90 Å². The van der Waals surface area contributed by atoms with Gasteiger partial charge in [-0.2, -0.15) is 13.2 Å². The first-order valence-corrected chi connectivity index (χ1v) is 8.09. The predicted molar refractivity (Wildman–Crippen MR) is 74.1 cm³/mol. The number of hydrogen-bond acceptors (Lipinski definition) is 4. The topological polar surface area (TPSA) is 25.4 Å². The SMILES string of the molecule is CC1CN(c2nc(C(F)(F)F)c(Br)s2)CC(C2CC2)O1. The average molecular weight is 371 g/mol. The lowest BCUT2D eigenvalue weighted by Crippen LogP contribution is -2.47. The van der Waals surface area contributed by atoms with E-state index < -0.39 is 11.9 Å². The molecule has 0 amide bonds. The molecule has 2 heterocycles. The Morgan fingerprint density at radius 2 is 2.05 bits per heavy atom. The Balaban J connectivity index is 1.81. The Bertz CT molecular complexity index is 503. The molecule has 1 saturated carbocycles. The largest absolute Gasteiger partial charge is 0.435 e. The van der Waals surface area contributed by atoms with Crippen molar-refractivity contribution in [3.63, 3.8) is 0 Å². The van der Waals surface area contributed by atoms with E-state index in [2.05, 4.69) is 20.9 Å². The first kappa shape index (κ1) is 14.6. The van der Waals surface area contributed by atoms with Crippen LogP contribution in [0.2, 0.25) is 0 Å². The fourth-order valence-corrected chi connectivity index (χ4v) is 4.05. The summed E-state index contributed by atoms with van der Waals surface area (Å²) < 4.78 is 44.3. The summed E-state index contributed by atoms with van der Waals surface area (Å²) in [7, 11) is 0. The van der Waals surface area contributed by atoms with Gasteiger partial charge in [0.25, 0.3) is 0 Å². The summed E-state index contributed by atoms with van der Waals surface area (Å²) >= 11 is 4.01. The molecule has 2 fully saturated rings. The Hall–Kier alpha value is -0.340. The smallest absolute Gasteiger partial charge is 0.371 e. The average Bonchev–Trinajstić information content (AvgIpc) is 3.10. The quantitative estimate of drug-likeness (QED) is 0.788. The second kappa shape index (κ2) is 5.14. The van der Waals surface area contributed by atoms with Crippen LogP contribution in [0.4, 0.5) is 18.3 Å². The highest BCUT2D eigenvalue weighted by molar-refractivity contribution is 9.11. The Morgan fingerprint density at radius 3 is 2.60 bits per heavy atom. The summed E-state index contributed by atoms with van der Waals surface area (Å²) in [6.45, 7) is 3.17. The van der Waals surface area contributed by atoms with Gasteiger partial charge in [0.2, 0.25) is 0 Å². The zero-order chi connectivity index (χ0) is 14.5. The Labute approximate surface area is 127 Å². The number of hydrogen-bond donors (Lipinski definition) is 0. The Morgan fingerprint density at radius 1 is 1.35 bits per heavy atom. The summed E-state index contributed by atoms with van der Waals surface area (Å²) in [4.78, 5) is 5.69. The molecule has 0 N–H and O–H groups in total. The normalized spacial score (nSPS) is 27.9. The van der Waals surface area contributed by atoms with Crippen molar-refractivity contribution in [3.8, 4) is 0 Å². The monoisotopic (exact) mass is 370 g/mol. The van der Waals surface area contributed by atoms with Gasteiger partial charge in [0, 0.05) is 13.1 Å². The minimum Gasteiger partial charge on any atom is -0.371 e. The van der Waals surface area contributed by atoms with Gasteiger partial charge in [0.15, 0.2) is 10.8 Å². The van der Waals surface area contributed by atoms with Crippen LogP contribution in [0.15, 0.2) is 3.79 Å². The molecule has 3 nitrogen and oxygen atoms in total. The maximum Gasteiger partial charge on any atom is 0.435 e. The van der Waals surface area contributed by atoms with E-state index in [1.807, 2.05) is 11.8 Å². The van der Waals surface area contributed by atoms with E-state index in [1.165, 1.54) is 0 Å². The number of halogens is 4. The van der Waals surface area contributed by atoms with Gasteiger partial charge in [0.1, 0.15) is 3.79 Å². The molecule has 0 spiro atoms. The molecule has 1 aliphatic heterocycles. The molecule has 0 aromatic carbocycles. The highest BCUT2D eigenvalue weighted by Gasteiger charge is 2.40. The van der Waals surface area contributed by atoms with Gasteiger partial charge < -0.3 is 9.64 Å². The maximum absolute atomic E-state index is 12.8. The van der Waals surface area contributed by atoms with E-state index in [4.69, 9.17) is 4.74 Å². The van der Waals surface area contributed by atoms with Gasteiger partial charge in [-0.25, -0.2) is 4.98 Å². The van der Waals surface area contributed by atoms with E-state index in [0.29, 0.717) is 24.1 Å². The third-order valence-electron chi connectivity index (χ3n) is 3.55. The number of thiazole rings is 1. The molecule has 0 radical (unpaired) electrons. The van der Waals surface area contributed by atoms with E-state index in [-0.39, 0.29) is 16.0 Å². The van der Waals surface area contributed by atoms with Crippen molar-refractivity contribution in [1.29, 1.82) is 0 Å². The molecule has 2 aliphatic rings. The summed E-state index contributed by atoms with van der Waals surface area (Å²) in [6.07, 6.45) is -1.97. The lowest BCUT2D eigenvalue weighted by Gasteiger charge is -2.36.